The molecule has 0 aliphatic carbocycles. The molecule has 0 saturated carbocycles. The lowest BCUT2D eigenvalue weighted by Gasteiger charge is -2.05. The Balaban J connectivity index is 1.93. The SMILES string of the molecule is Cc1sc2nc(SCc3c(F)cccc3Cl)[nH]c(=O)c2c1C. The Morgan fingerprint density at radius 1 is 1.41 bits per heavy atom. The van der Waals surface area contributed by atoms with Crippen LogP contribution in [0.3, 0.4) is 0 Å². The minimum absolute atomic E-state index is 0.158. The third-order valence-electron chi connectivity index (χ3n) is 3.43. The van der Waals surface area contributed by atoms with Gasteiger partial charge in [0.15, 0.2) is 5.16 Å². The van der Waals surface area contributed by atoms with Crippen LogP contribution < -0.4 is 5.56 Å². The number of aryl methyl sites for hydroxylation is 2. The molecule has 22 heavy (non-hydrogen) atoms. The predicted molar refractivity (Wildman–Crippen MR) is 90.7 cm³/mol. The first-order valence-electron chi connectivity index (χ1n) is 6.53. The molecule has 114 valence electrons. The largest absolute Gasteiger partial charge is 0.301 e. The number of benzene rings is 1. The van der Waals surface area contributed by atoms with Crippen molar-refractivity contribution in [3.63, 3.8) is 0 Å². The number of aromatic nitrogens is 2. The Labute approximate surface area is 139 Å². The van der Waals surface area contributed by atoms with Crippen molar-refractivity contribution < 1.29 is 4.39 Å². The Morgan fingerprint density at radius 2 is 2.18 bits per heavy atom. The van der Waals surface area contributed by atoms with Gasteiger partial charge in [-0.15, -0.1) is 11.3 Å². The van der Waals surface area contributed by atoms with Crippen molar-refractivity contribution in [2.75, 3.05) is 0 Å². The molecule has 3 aromatic rings. The Morgan fingerprint density at radius 3 is 2.91 bits per heavy atom. The van der Waals surface area contributed by atoms with Gasteiger partial charge in [0.2, 0.25) is 0 Å². The molecule has 2 aromatic heterocycles. The number of fused-ring (bicyclic) bond motifs is 1. The monoisotopic (exact) mass is 354 g/mol. The van der Waals surface area contributed by atoms with E-state index in [9.17, 15) is 9.18 Å². The van der Waals surface area contributed by atoms with Crippen LogP contribution in [-0.2, 0) is 5.75 Å². The fourth-order valence-electron chi connectivity index (χ4n) is 2.11. The zero-order valence-electron chi connectivity index (χ0n) is 11.9. The number of rotatable bonds is 3. The van der Waals surface area contributed by atoms with E-state index in [-0.39, 0.29) is 11.4 Å². The van der Waals surface area contributed by atoms with E-state index in [4.69, 9.17) is 11.6 Å². The van der Waals surface area contributed by atoms with Gasteiger partial charge >= 0.3 is 0 Å². The van der Waals surface area contributed by atoms with Crippen molar-refractivity contribution in [1.82, 2.24) is 9.97 Å². The molecule has 3 rings (SSSR count). The Bertz CT molecular complexity index is 900. The van der Waals surface area contributed by atoms with E-state index in [0.29, 0.717) is 31.7 Å². The third kappa shape index (κ3) is 2.78. The number of aromatic amines is 1. The highest BCUT2D eigenvalue weighted by Crippen LogP contribution is 2.30. The molecule has 3 nitrogen and oxygen atoms in total. The number of halogens is 2. The molecule has 7 heteroatoms. The molecule has 0 radical (unpaired) electrons. The molecule has 0 amide bonds. The van der Waals surface area contributed by atoms with E-state index in [1.165, 1.54) is 29.2 Å². The lowest BCUT2D eigenvalue weighted by atomic mass is 10.2. The van der Waals surface area contributed by atoms with Gasteiger partial charge in [0.25, 0.3) is 5.56 Å². The number of hydrogen-bond donors (Lipinski definition) is 1. The quantitative estimate of drug-likeness (QED) is 0.548. The van der Waals surface area contributed by atoms with Gasteiger partial charge in [-0.3, -0.25) is 4.79 Å². The van der Waals surface area contributed by atoms with E-state index >= 15 is 0 Å². The van der Waals surface area contributed by atoms with E-state index in [1.807, 2.05) is 13.8 Å². The summed E-state index contributed by atoms with van der Waals surface area (Å²) in [5.74, 6) is -0.0465. The van der Waals surface area contributed by atoms with Gasteiger partial charge in [-0.1, -0.05) is 29.4 Å². The fraction of sp³-hybridized carbons (Fsp3) is 0.200. The Kier molecular flexibility index (Phi) is 4.25. The molecule has 0 aliphatic heterocycles. The van der Waals surface area contributed by atoms with Crippen LogP contribution in [0.15, 0.2) is 28.2 Å². The number of thioether (sulfide) groups is 1. The normalized spacial score (nSPS) is 11.3. The smallest absolute Gasteiger partial charge is 0.260 e. The van der Waals surface area contributed by atoms with Crippen molar-refractivity contribution in [1.29, 1.82) is 0 Å². The maximum absolute atomic E-state index is 13.8. The number of nitrogens with zero attached hydrogens (tertiary/aromatic N) is 1. The summed E-state index contributed by atoms with van der Waals surface area (Å²) in [5, 5.41) is 1.48. The molecule has 0 spiro atoms. The summed E-state index contributed by atoms with van der Waals surface area (Å²) in [6, 6.07) is 4.58. The lowest BCUT2D eigenvalue weighted by molar-refractivity contribution is 0.617. The minimum atomic E-state index is -0.355. The second-order valence-electron chi connectivity index (χ2n) is 4.82. The highest BCUT2D eigenvalue weighted by molar-refractivity contribution is 7.98. The van der Waals surface area contributed by atoms with Crippen LogP contribution in [-0.4, -0.2) is 9.97 Å². The second-order valence-corrected chi connectivity index (χ2v) is 7.40. The van der Waals surface area contributed by atoms with E-state index in [2.05, 4.69) is 9.97 Å². The zero-order chi connectivity index (χ0) is 15.9. The topological polar surface area (TPSA) is 45.8 Å². The first-order valence-corrected chi connectivity index (χ1v) is 8.71. The summed E-state index contributed by atoms with van der Waals surface area (Å²) >= 11 is 8.75. The maximum atomic E-state index is 13.8. The summed E-state index contributed by atoms with van der Waals surface area (Å²) in [7, 11) is 0. The van der Waals surface area contributed by atoms with E-state index < -0.39 is 0 Å². The first kappa shape index (κ1) is 15.5. The third-order valence-corrected chi connectivity index (χ3v) is 5.79. The molecule has 0 unspecified atom stereocenters. The Hall–Kier alpha value is -1.37. The van der Waals surface area contributed by atoms with Gasteiger partial charge < -0.3 is 4.98 Å². The summed E-state index contributed by atoms with van der Waals surface area (Å²) in [5.41, 5.74) is 1.21. The average Bonchev–Trinajstić information content (AvgIpc) is 2.74. The highest BCUT2D eigenvalue weighted by atomic mass is 35.5. The molecule has 0 bridgehead atoms. The average molecular weight is 355 g/mol. The first-order chi connectivity index (χ1) is 10.5. The van der Waals surface area contributed by atoms with Crippen molar-refractivity contribution in [2.45, 2.75) is 24.8 Å². The van der Waals surface area contributed by atoms with Crippen LogP contribution in [0.4, 0.5) is 4.39 Å². The number of thiophene rings is 1. The van der Waals surface area contributed by atoms with Crippen LogP contribution >= 0.6 is 34.7 Å². The molecule has 0 saturated heterocycles. The molecular formula is C15H12ClFN2OS2. The lowest BCUT2D eigenvalue weighted by Crippen LogP contribution is -2.08. The predicted octanol–water partition coefficient (Wildman–Crippen LogP) is 4.69. The summed E-state index contributed by atoms with van der Waals surface area (Å²) in [6.07, 6.45) is 0. The minimum Gasteiger partial charge on any atom is -0.301 e. The van der Waals surface area contributed by atoms with Gasteiger partial charge in [-0.05, 0) is 31.5 Å². The second kappa shape index (κ2) is 6.02. The van der Waals surface area contributed by atoms with Crippen LogP contribution in [0, 0.1) is 19.7 Å². The van der Waals surface area contributed by atoms with Crippen molar-refractivity contribution >= 4 is 44.9 Å². The number of hydrogen-bond acceptors (Lipinski definition) is 4. The molecule has 0 atom stereocenters. The van der Waals surface area contributed by atoms with Crippen LogP contribution in [0.25, 0.3) is 10.2 Å². The summed E-state index contributed by atoms with van der Waals surface area (Å²) in [4.78, 5) is 21.2. The standard InChI is InChI=1S/C15H12ClFN2OS2/c1-7-8(2)22-14-12(7)13(20)18-15(19-14)21-6-9-10(16)4-3-5-11(9)17/h3-5H,6H2,1-2H3,(H,18,19,20). The molecule has 2 heterocycles. The van der Waals surface area contributed by atoms with Gasteiger partial charge in [-0.25, -0.2) is 9.37 Å². The molecule has 0 fully saturated rings. The van der Waals surface area contributed by atoms with Gasteiger partial charge in [-0.2, -0.15) is 0 Å². The van der Waals surface area contributed by atoms with Crippen LogP contribution in [0.5, 0.6) is 0 Å². The van der Waals surface area contributed by atoms with Crippen molar-refractivity contribution in [3.05, 3.63) is 55.4 Å². The van der Waals surface area contributed by atoms with E-state index in [1.54, 1.807) is 12.1 Å². The highest BCUT2D eigenvalue weighted by Gasteiger charge is 2.13. The van der Waals surface area contributed by atoms with Gasteiger partial charge in [0, 0.05) is 21.2 Å². The summed E-state index contributed by atoms with van der Waals surface area (Å²) in [6.45, 7) is 3.88. The molecule has 1 N–H and O–H groups in total. The maximum Gasteiger partial charge on any atom is 0.260 e. The molecule has 1 aromatic carbocycles. The van der Waals surface area contributed by atoms with Crippen LogP contribution in [0.1, 0.15) is 16.0 Å². The molecule has 0 aliphatic rings. The van der Waals surface area contributed by atoms with E-state index in [0.717, 1.165) is 10.4 Å². The van der Waals surface area contributed by atoms with Gasteiger partial charge in [0.05, 0.1) is 5.39 Å². The number of nitrogens with one attached hydrogen (secondary N) is 1. The fourth-order valence-corrected chi connectivity index (χ4v) is 4.41. The molecular weight excluding hydrogens is 343 g/mol. The number of H-pyrrole nitrogens is 1. The zero-order valence-corrected chi connectivity index (χ0v) is 14.3. The van der Waals surface area contributed by atoms with Crippen LogP contribution in [0.2, 0.25) is 5.02 Å². The van der Waals surface area contributed by atoms with Crippen molar-refractivity contribution in [3.8, 4) is 0 Å². The van der Waals surface area contributed by atoms with Gasteiger partial charge in [0.1, 0.15) is 10.6 Å². The summed E-state index contributed by atoms with van der Waals surface area (Å²) < 4.78 is 13.8. The van der Waals surface area contributed by atoms with Crippen molar-refractivity contribution in [2.24, 2.45) is 0 Å².